The molecule has 0 aliphatic heterocycles. The van der Waals surface area contributed by atoms with Crippen molar-refractivity contribution >= 4 is 11.6 Å². The van der Waals surface area contributed by atoms with Crippen LogP contribution in [0.1, 0.15) is 46.5 Å². The molecule has 22 heavy (non-hydrogen) atoms. The van der Waals surface area contributed by atoms with Gasteiger partial charge in [-0.1, -0.05) is 37.1 Å². The minimum Gasteiger partial charge on any atom is -0.322 e. The molecule has 0 saturated heterocycles. The Balaban J connectivity index is 2.21. The molecular formula is C20H25NO. The van der Waals surface area contributed by atoms with Crippen LogP contribution >= 0.6 is 0 Å². The van der Waals surface area contributed by atoms with Crippen molar-refractivity contribution in [2.75, 3.05) is 5.32 Å². The standard InChI is InChI=1S/C20H25NO/c1-13(2)8-17-12-19(7-6-16(17)5)21-20(22)18-10-14(3)9-15(4)11-18/h6-7,9-13H,8H2,1-5H3,(H,21,22). The van der Waals surface area contributed by atoms with E-state index in [0.717, 1.165) is 23.2 Å². The number of aryl methyl sites for hydroxylation is 3. The summed E-state index contributed by atoms with van der Waals surface area (Å²) in [4.78, 5) is 12.4. The first-order valence-corrected chi connectivity index (χ1v) is 7.84. The van der Waals surface area contributed by atoms with E-state index in [1.807, 2.05) is 32.0 Å². The Morgan fingerprint density at radius 3 is 2.23 bits per heavy atom. The van der Waals surface area contributed by atoms with E-state index in [9.17, 15) is 4.79 Å². The number of hydrogen-bond acceptors (Lipinski definition) is 1. The van der Waals surface area contributed by atoms with Crippen molar-refractivity contribution in [2.45, 2.75) is 41.0 Å². The Morgan fingerprint density at radius 1 is 1.00 bits per heavy atom. The van der Waals surface area contributed by atoms with Crippen LogP contribution in [-0.4, -0.2) is 5.91 Å². The van der Waals surface area contributed by atoms with Gasteiger partial charge in [0.05, 0.1) is 0 Å². The fraction of sp³-hybridized carbons (Fsp3) is 0.350. The van der Waals surface area contributed by atoms with Crippen molar-refractivity contribution in [3.05, 3.63) is 64.2 Å². The predicted molar refractivity (Wildman–Crippen MR) is 93.6 cm³/mol. The highest BCUT2D eigenvalue weighted by Gasteiger charge is 2.09. The molecule has 0 aliphatic rings. The maximum absolute atomic E-state index is 12.4. The molecule has 2 nitrogen and oxygen atoms in total. The summed E-state index contributed by atoms with van der Waals surface area (Å²) in [5.41, 5.74) is 6.37. The number of anilines is 1. The molecule has 0 unspecified atom stereocenters. The van der Waals surface area contributed by atoms with Gasteiger partial charge in [0.1, 0.15) is 0 Å². The molecular weight excluding hydrogens is 270 g/mol. The molecule has 2 heteroatoms. The zero-order chi connectivity index (χ0) is 16.3. The minimum atomic E-state index is -0.0499. The van der Waals surface area contributed by atoms with Crippen LogP contribution in [-0.2, 0) is 6.42 Å². The van der Waals surface area contributed by atoms with Gasteiger partial charge in [-0.2, -0.15) is 0 Å². The van der Waals surface area contributed by atoms with E-state index in [0.29, 0.717) is 11.5 Å². The molecule has 0 bridgehead atoms. The second kappa shape index (κ2) is 6.78. The van der Waals surface area contributed by atoms with Crippen molar-refractivity contribution < 1.29 is 4.79 Å². The van der Waals surface area contributed by atoms with Gasteiger partial charge in [-0.25, -0.2) is 0 Å². The summed E-state index contributed by atoms with van der Waals surface area (Å²) in [7, 11) is 0. The quantitative estimate of drug-likeness (QED) is 0.839. The van der Waals surface area contributed by atoms with Crippen molar-refractivity contribution in [2.24, 2.45) is 5.92 Å². The topological polar surface area (TPSA) is 29.1 Å². The van der Waals surface area contributed by atoms with Gasteiger partial charge in [0.25, 0.3) is 5.91 Å². The number of hydrogen-bond donors (Lipinski definition) is 1. The molecule has 1 N–H and O–H groups in total. The second-order valence-electron chi connectivity index (χ2n) is 6.57. The Kier molecular flexibility index (Phi) is 5.02. The van der Waals surface area contributed by atoms with Crippen LogP contribution in [0.2, 0.25) is 0 Å². The third kappa shape index (κ3) is 4.20. The SMILES string of the molecule is Cc1cc(C)cc(C(=O)Nc2ccc(C)c(CC(C)C)c2)c1. The van der Waals surface area contributed by atoms with Gasteiger partial charge in [0.2, 0.25) is 0 Å². The first kappa shape index (κ1) is 16.3. The number of amides is 1. The lowest BCUT2D eigenvalue weighted by atomic mass is 9.98. The maximum atomic E-state index is 12.4. The Labute approximate surface area is 133 Å². The third-order valence-electron chi connectivity index (χ3n) is 3.72. The van der Waals surface area contributed by atoms with Crippen molar-refractivity contribution in [1.29, 1.82) is 0 Å². The average Bonchev–Trinajstić information content (AvgIpc) is 2.41. The Hall–Kier alpha value is -2.09. The lowest BCUT2D eigenvalue weighted by Crippen LogP contribution is -2.13. The molecule has 2 aromatic rings. The molecule has 0 aliphatic carbocycles. The molecule has 116 valence electrons. The van der Waals surface area contributed by atoms with Crippen molar-refractivity contribution in [1.82, 2.24) is 0 Å². The summed E-state index contributed by atoms with van der Waals surface area (Å²) < 4.78 is 0. The van der Waals surface area contributed by atoms with Gasteiger partial charge in [-0.3, -0.25) is 4.79 Å². The normalized spacial score (nSPS) is 10.8. The first-order chi connectivity index (χ1) is 10.3. The zero-order valence-electron chi connectivity index (χ0n) is 14.2. The summed E-state index contributed by atoms with van der Waals surface area (Å²) >= 11 is 0. The average molecular weight is 295 g/mol. The van der Waals surface area contributed by atoms with Crippen LogP contribution < -0.4 is 5.32 Å². The zero-order valence-corrected chi connectivity index (χ0v) is 14.2. The van der Waals surface area contributed by atoms with Gasteiger partial charge >= 0.3 is 0 Å². The second-order valence-corrected chi connectivity index (χ2v) is 6.57. The van der Waals surface area contributed by atoms with Crippen LogP contribution in [0.3, 0.4) is 0 Å². The van der Waals surface area contributed by atoms with E-state index in [-0.39, 0.29) is 5.91 Å². The van der Waals surface area contributed by atoms with Crippen molar-refractivity contribution in [3.8, 4) is 0 Å². The molecule has 0 fully saturated rings. The molecule has 0 spiro atoms. The van der Waals surface area contributed by atoms with Gasteiger partial charge in [0.15, 0.2) is 0 Å². The van der Waals surface area contributed by atoms with Crippen LogP contribution in [0.25, 0.3) is 0 Å². The number of carbonyl (C=O) groups excluding carboxylic acids is 1. The van der Waals surface area contributed by atoms with E-state index in [4.69, 9.17) is 0 Å². The summed E-state index contributed by atoms with van der Waals surface area (Å²) in [5, 5.41) is 3.01. The van der Waals surface area contributed by atoms with Gasteiger partial charge in [-0.05, 0) is 68.5 Å². The Morgan fingerprint density at radius 2 is 1.64 bits per heavy atom. The van der Waals surface area contributed by atoms with Gasteiger partial charge < -0.3 is 5.32 Å². The molecule has 2 aromatic carbocycles. The highest BCUT2D eigenvalue weighted by Crippen LogP contribution is 2.19. The lowest BCUT2D eigenvalue weighted by molar-refractivity contribution is 0.102. The molecule has 2 rings (SSSR count). The minimum absolute atomic E-state index is 0.0499. The highest BCUT2D eigenvalue weighted by molar-refractivity contribution is 6.04. The van der Waals surface area contributed by atoms with E-state index in [1.165, 1.54) is 11.1 Å². The monoisotopic (exact) mass is 295 g/mol. The van der Waals surface area contributed by atoms with E-state index in [1.54, 1.807) is 0 Å². The van der Waals surface area contributed by atoms with Crippen LogP contribution in [0.5, 0.6) is 0 Å². The number of carbonyl (C=O) groups is 1. The van der Waals surface area contributed by atoms with Crippen LogP contribution in [0.15, 0.2) is 36.4 Å². The lowest BCUT2D eigenvalue weighted by Gasteiger charge is -2.12. The number of benzene rings is 2. The van der Waals surface area contributed by atoms with Gasteiger partial charge in [0, 0.05) is 11.3 Å². The summed E-state index contributed by atoms with van der Waals surface area (Å²) in [6, 6.07) is 12.1. The molecule has 0 atom stereocenters. The summed E-state index contributed by atoms with van der Waals surface area (Å²) in [6.07, 6.45) is 1.03. The van der Waals surface area contributed by atoms with E-state index >= 15 is 0 Å². The Bertz CT molecular complexity index is 666. The number of rotatable bonds is 4. The molecule has 0 heterocycles. The van der Waals surface area contributed by atoms with E-state index in [2.05, 4.69) is 44.3 Å². The summed E-state index contributed by atoms with van der Waals surface area (Å²) in [5.74, 6) is 0.551. The highest BCUT2D eigenvalue weighted by atomic mass is 16.1. The van der Waals surface area contributed by atoms with Gasteiger partial charge in [-0.15, -0.1) is 0 Å². The predicted octanol–water partition coefficient (Wildman–Crippen LogP) is 5.06. The fourth-order valence-electron chi connectivity index (χ4n) is 2.72. The van der Waals surface area contributed by atoms with Crippen molar-refractivity contribution in [3.63, 3.8) is 0 Å². The van der Waals surface area contributed by atoms with Crippen LogP contribution in [0.4, 0.5) is 5.69 Å². The molecule has 0 radical (unpaired) electrons. The number of nitrogens with one attached hydrogen (secondary N) is 1. The first-order valence-electron chi connectivity index (χ1n) is 7.84. The summed E-state index contributed by atoms with van der Waals surface area (Å²) in [6.45, 7) is 10.6. The molecule has 0 saturated carbocycles. The largest absolute Gasteiger partial charge is 0.322 e. The third-order valence-corrected chi connectivity index (χ3v) is 3.72. The molecule has 1 amide bonds. The fourth-order valence-corrected chi connectivity index (χ4v) is 2.72. The maximum Gasteiger partial charge on any atom is 0.255 e. The van der Waals surface area contributed by atoms with Crippen LogP contribution in [0, 0.1) is 26.7 Å². The van der Waals surface area contributed by atoms with E-state index < -0.39 is 0 Å². The molecule has 0 aromatic heterocycles. The smallest absolute Gasteiger partial charge is 0.255 e.